The highest BCUT2D eigenvalue weighted by atomic mass is 16.5. The molecule has 2 rings (SSSR count). The van der Waals surface area contributed by atoms with Crippen LogP contribution in [0.4, 0.5) is 0 Å². The number of methoxy groups -OCH3 is 1. The molecule has 0 radical (unpaired) electrons. The summed E-state index contributed by atoms with van der Waals surface area (Å²) in [5.74, 6) is 0. The molecule has 2 nitrogen and oxygen atoms in total. The molecule has 0 aromatic heterocycles. The smallest absolute Gasteiger partial charge is 0.0939 e. The molecule has 0 heterocycles. The summed E-state index contributed by atoms with van der Waals surface area (Å²) in [7, 11) is 1.75. The SMILES string of the molecule is COC1(C(O)Cc2ccc(C(C)(C)C)cc2)CCCCC1. The van der Waals surface area contributed by atoms with Crippen LogP contribution in [0.3, 0.4) is 0 Å². The van der Waals surface area contributed by atoms with Crippen LogP contribution in [-0.4, -0.2) is 23.9 Å². The fraction of sp³-hybridized carbons (Fsp3) is 0.684. The Morgan fingerprint density at radius 1 is 1.10 bits per heavy atom. The van der Waals surface area contributed by atoms with Gasteiger partial charge in [-0.15, -0.1) is 0 Å². The predicted molar refractivity (Wildman–Crippen MR) is 87.7 cm³/mol. The highest BCUT2D eigenvalue weighted by Crippen LogP contribution is 2.35. The largest absolute Gasteiger partial charge is 0.390 e. The minimum absolute atomic E-state index is 0.175. The predicted octanol–water partition coefficient (Wildman–Crippen LogP) is 4.24. The summed E-state index contributed by atoms with van der Waals surface area (Å²) in [5.41, 5.74) is 2.37. The van der Waals surface area contributed by atoms with Gasteiger partial charge in [0.05, 0.1) is 11.7 Å². The molecule has 0 amide bonds. The second-order valence-corrected chi connectivity index (χ2v) is 7.50. The van der Waals surface area contributed by atoms with Crippen molar-refractivity contribution in [2.45, 2.75) is 76.4 Å². The van der Waals surface area contributed by atoms with Gasteiger partial charge in [0.1, 0.15) is 0 Å². The first-order valence-electron chi connectivity index (χ1n) is 8.20. The summed E-state index contributed by atoms with van der Waals surface area (Å²) in [6, 6.07) is 8.66. The maximum Gasteiger partial charge on any atom is 0.0939 e. The number of aliphatic hydroxyl groups is 1. The lowest BCUT2D eigenvalue weighted by Gasteiger charge is -2.40. The van der Waals surface area contributed by atoms with Gasteiger partial charge in [-0.1, -0.05) is 64.3 Å². The van der Waals surface area contributed by atoms with Gasteiger partial charge >= 0.3 is 0 Å². The van der Waals surface area contributed by atoms with E-state index in [1.54, 1.807) is 7.11 Å². The van der Waals surface area contributed by atoms with E-state index in [-0.39, 0.29) is 11.0 Å². The standard InChI is InChI=1S/C19H30O2/c1-18(2,3)16-10-8-15(9-11-16)14-17(20)19(21-4)12-6-5-7-13-19/h8-11,17,20H,5-7,12-14H2,1-4H3. The lowest BCUT2D eigenvalue weighted by atomic mass is 9.78. The maximum absolute atomic E-state index is 10.7. The number of rotatable bonds is 4. The second-order valence-electron chi connectivity index (χ2n) is 7.50. The Balaban J connectivity index is 2.06. The molecule has 118 valence electrons. The molecule has 1 N–H and O–H groups in total. The molecular weight excluding hydrogens is 260 g/mol. The van der Waals surface area contributed by atoms with Crippen LogP contribution in [-0.2, 0) is 16.6 Å². The third-order valence-corrected chi connectivity index (χ3v) is 4.96. The van der Waals surface area contributed by atoms with Crippen LogP contribution >= 0.6 is 0 Å². The summed E-state index contributed by atoms with van der Waals surface area (Å²) in [6.45, 7) is 6.66. The van der Waals surface area contributed by atoms with Crippen molar-refractivity contribution in [1.29, 1.82) is 0 Å². The minimum Gasteiger partial charge on any atom is -0.390 e. The zero-order chi connectivity index (χ0) is 15.5. The van der Waals surface area contributed by atoms with Crippen LogP contribution in [0.25, 0.3) is 0 Å². The summed E-state index contributed by atoms with van der Waals surface area (Å²) in [4.78, 5) is 0. The highest BCUT2D eigenvalue weighted by Gasteiger charge is 2.39. The average molecular weight is 290 g/mol. The molecule has 2 heteroatoms. The van der Waals surface area contributed by atoms with Gasteiger partial charge in [-0.25, -0.2) is 0 Å². The van der Waals surface area contributed by atoms with E-state index in [0.29, 0.717) is 6.42 Å². The van der Waals surface area contributed by atoms with E-state index >= 15 is 0 Å². The van der Waals surface area contributed by atoms with Crippen molar-refractivity contribution < 1.29 is 9.84 Å². The zero-order valence-corrected chi connectivity index (χ0v) is 14.0. The summed E-state index contributed by atoms with van der Waals surface area (Å²) in [5, 5.41) is 10.7. The second kappa shape index (κ2) is 6.50. The van der Waals surface area contributed by atoms with Crippen molar-refractivity contribution in [2.24, 2.45) is 0 Å². The third-order valence-electron chi connectivity index (χ3n) is 4.96. The number of hydrogen-bond donors (Lipinski definition) is 1. The van der Waals surface area contributed by atoms with E-state index in [1.807, 2.05) is 0 Å². The molecular formula is C19H30O2. The molecule has 1 atom stereocenters. The van der Waals surface area contributed by atoms with Crippen LogP contribution in [0, 0.1) is 0 Å². The fourth-order valence-corrected chi connectivity index (χ4v) is 3.37. The summed E-state index contributed by atoms with van der Waals surface area (Å²) >= 11 is 0. The van der Waals surface area contributed by atoms with E-state index in [1.165, 1.54) is 17.5 Å². The van der Waals surface area contributed by atoms with Gasteiger partial charge in [-0.05, 0) is 29.4 Å². The molecule has 21 heavy (non-hydrogen) atoms. The molecule has 1 aliphatic carbocycles. The Kier molecular flexibility index (Phi) is 5.11. The summed E-state index contributed by atoms with van der Waals surface area (Å²) < 4.78 is 5.74. The molecule has 1 unspecified atom stereocenters. The van der Waals surface area contributed by atoms with Crippen molar-refractivity contribution in [3.63, 3.8) is 0 Å². The van der Waals surface area contributed by atoms with E-state index in [9.17, 15) is 5.11 Å². The van der Waals surface area contributed by atoms with Crippen LogP contribution in [0.1, 0.15) is 64.0 Å². The van der Waals surface area contributed by atoms with Crippen LogP contribution < -0.4 is 0 Å². The molecule has 1 aromatic carbocycles. The quantitative estimate of drug-likeness (QED) is 0.899. The molecule has 0 aliphatic heterocycles. The molecule has 1 aromatic rings. The highest BCUT2D eigenvalue weighted by molar-refractivity contribution is 5.28. The van der Waals surface area contributed by atoms with Gasteiger partial charge in [0, 0.05) is 13.5 Å². The van der Waals surface area contributed by atoms with Crippen molar-refractivity contribution in [1.82, 2.24) is 0 Å². The van der Waals surface area contributed by atoms with Gasteiger partial charge in [-0.2, -0.15) is 0 Å². The van der Waals surface area contributed by atoms with E-state index in [2.05, 4.69) is 45.0 Å². The summed E-state index contributed by atoms with van der Waals surface area (Å²) in [6.07, 6.45) is 5.80. The number of benzene rings is 1. The lowest BCUT2D eigenvalue weighted by molar-refractivity contribution is -0.122. The van der Waals surface area contributed by atoms with E-state index in [4.69, 9.17) is 4.74 Å². The monoisotopic (exact) mass is 290 g/mol. The van der Waals surface area contributed by atoms with E-state index in [0.717, 1.165) is 25.7 Å². The molecule has 1 aliphatic rings. The minimum atomic E-state index is -0.414. The van der Waals surface area contributed by atoms with Crippen LogP contribution in [0.5, 0.6) is 0 Å². The normalized spacial score (nSPS) is 20.2. The van der Waals surface area contributed by atoms with Crippen molar-refractivity contribution in [2.75, 3.05) is 7.11 Å². The Morgan fingerprint density at radius 3 is 2.14 bits per heavy atom. The number of aliphatic hydroxyl groups excluding tert-OH is 1. The molecule has 0 saturated heterocycles. The zero-order valence-electron chi connectivity index (χ0n) is 14.0. The van der Waals surface area contributed by atoms with Gasteiger partial charge in [0.15, 0.2) is 0 Å². The lowest BCUT2D eigenvalue weighted by Crippen LogP contribution is -2.46. The molecule has 1 fully saturated rings. The fourth-order valence-electron chi connectivity index (χ4n) is 3.37. The van der Waals surface area contributed by atoms with Gasteiger partial charge < -0.3 is 9.84 Å². The van der Waals surface area contributed by atoms with Crippen molar-refractivity contribution in [3.05, 3.63) is 35.4 Å². The number of hydrogen-bond acceptors (Lipinski definition) is 2. The molecule has 0 bridgehead atoms. The van der Waals surface area contributed by atoms with Gasteiger partial charge in [-0.3, -0.25) is 0 Å². The van der Waals surface area contributed by atoms with Gasteiger partial charge in [0.25, 0.3) is 0 Å². The van der Waals surface area contributed by atoms with Gasteiger partial charge in [0.2, 0.25) is 0 Å². The Hall–Kier alpha value is -0.860. The van der Waals surface area contributed by atoms with Crippen LogP contribution in [0.15, 0.2) is 24.3 Å². The Morgan fingerprint density at radius 2 is 1.67 bits per heavy atom. The first-order chi connectivity index (χ1) is 9.87. The van der Waals surface area contributed by atoms with Crippen molar-refractivity contribution >= 4 is 0 Å². The number of ether oxygens (including phenoxy) is 1. The van der Waals surface area contributed by atoms with Crippen LogP contribution in [0.2, 0.25) is 0 Å². The molecule has 0 spiro atoms. The maximum atomic E-state index is 10.7. The topological polar surface area (TPSA) is 29.5 Å². The van der Waals surface area contributed by atoms with Crippen molar-refractivity contribution in [3.8, 4) is 0 Å². The third kappa shape index (κ3) is 3.87. The first kappa shape index (κ1) is 16.5. The Bertz CT molecular complexity index is 436. The Labute approximate surface area is 129 Å². The average Bonchev–Trinajstić information content (AvgIpc) is 2.47. The molecule has 1 saturated carbocycles. The van der Waals surface area contributed by atoms with E-state index < -0.39 is 6.10 Å². The first-order valence-corrected chi connectivity index (χ1v) is 8.20.